The third kappa shape index (κ3) is 6.45. The first kappa shape index (κ1) is 24.5. The second-order valence-electron chi connectivity index (χ2n) is 6.79. The highest BCUT2D eigenvalue weighted by molar-refractivity contribution is 7.99. The predicted octanol–water partition coefficient (Wildman–Crippen LogP) is 4.19. The molecule has 0 saturated carbocycles. The van der Waals surface area contributed by atoms with Gasteiger partial charge in [0, 0.05) is 12.2 Å². The van der Waals surface area contributed by atoms with Gasteiger partial charge in [-0.3, -0.25) is 4.79 Å². The number of alkyl halides is 3. The molecule has 0 bridgehead atoms. The van der Waals surface area contributed by atoms with Gasteiger partial charge in [0.15, 0.2) is 15.0 Å². The lowest BCUT2D eigenvalue weighted by atomic mass is 10.2. The Morgan fingerprint density at radius 1 is 1.12 bits per heavy atom. The maximum absolute atomic E-state index is 12.8. The largest absolute Gasteiger partial charge is 0.416 e. The Labute approximate surface area is 192 Å². The Kier molecular flexibility index (Phi) is 7.59. The summed E-state index contributed by atoms with van der Waals surface area (Å²) < 4.78 is 65.4. The van der Waals surface area contributed by atoms with Crippen LogP contribution in [0, 0.1) is 0 Å². The van der Waals surface area contributed by atoms with Crippen molar-refractivity contribution in [3.8, 4) is 0 Å². The lowest BCUT2D eigenvalue weighted by Gasteiger charge is -2.10. The molecule has 0 radical (unpaired) electrons. The number of hydrogen-bond donors (Lipinski definition) is 1. The molecule has 3 rings (SSSR count). The van der Waals surface area contributed by atoms with Crippen molar-refractivity contribution in [3.63, 3.8) is 0 Å². The zero-order valence-electron chi connectivity index (χ0n) is 17.1. The number of aromatic nitrogens is 3. The van der Waals surface area contributed by atoms with E-state index in [4.69, 9.17) is 0 Å². The molecule has 3 aromatic rings. The van der Waals surface area contributed by atoms with Crippen LogP contribution in [-0.4, -0.2) is 34.8 Å². The van der Waals surface area contributed by atoms with E-state index in [0.717, 1.165) is 23.9 Å². The standard InChI is InChI=1S/C21H19F3N4O3S2/c1-2-11-28-18(14-33(30,31)17-9-4-3-5-10-17)26-27-20(28)32-13-19(29)25-16-8-6-7-15(12-16)21(22,23)24/h2-10,12H,1,11,13-14H2,(H,25,29). The molecule has 0 fully saturated rings. The lowest BCUT2D eigenvalue weighted by molar-refractivity contribution is -0.137. The zero-order chi connectivity index (χ0) is 24.1. The van der Waals surface area contributed by atoms with Crippen LogP contribution in [0.4, 0.5) is 18.9 Å². The summed E-state index contributed by atoms with van der Waals surface area (Å²) in [5.74, 6) is -0.934. The number of hydrogen-bond acceptors (Lipinski definition) is 6. The van der Waals surface area contributed by atoms with Gasteiger partial charge < -0.3 is 9.88 Å². The quantitative estimate of drug-likeness (QED) is 0.353. The molecular formula is C21H19F3N4O3S2. The van der Waals surface area contributed by atoms with Crippen molar-refractivity contribution in [2.45, 2.75) is 28.5 Å². The van der Waals surface area contributed by atoms with Crippen molar-refractivity contribution in [1.82, 2.24) is 14.8 Å². The van der Waals surface area contributed by atoms with E-state index in [-0.39, 0.29) is 33.9 Å². The van der Waals surface area contributed by atoms with Crippen LogP contribution in [0.25, 0.3) is 0 Å². The SMILES string of the molecule is C=CCn1c(CS(=O)(=O)c2ccccc2)nnc1SCC(=O)Nc1cccc(C(F)(F)F)c1. The van der Waals surface area contributed by atoms with E-state index >= 15 is 0 Å². The number of amides is 1. The van der Waals surface area contributed by atoms with Crippen LogP contribution in [0.15, 0.2) is 77.3 Å². The number of thioether (sulfide) groups is 1. The number of sulfone groups is 1. The third-order valence-electron chi connectivity index (χ3n) is 4.33. The predicted molar refractivity (Wildman–Crippen MR) is 118 cm³/mol. The molecule has 33 heavy (non-hydrogen) atoms. The Morgan fingerprint density at radius 2 is 1.85 bits per heavy atom. The van der Waals surface area contributed by atoms with E-state index in [2.05, 4.69) is 22.1 Å². The van der Waals surface area contributed by atoms with Gasteiger partial charge in [0.05, 0.1) is 16.2 Å². The summed E-state index contributed by atoms with van der Waals surface area (Å²) >= 11 is 0.979. The van der Waals surface area contributed by atoms with Gasteiger partial charge in [-0.15, -0.1) is 16.8 Å². The van der Waals surface area contributed by atoms with Gasteiger partial charge in [-0.2, -0.15) is 13.2 Å². The van der Waals surface area contributed by atoms with E-state index in [1.165, 1.54) is 34.9 Å². The normalized spacial score (nSPS) is 11.8. The molecule has 7 nitrogen and oxygen atoms in total. The third-order valence-corrected chi connectivity index (χ3v) is 6.93. The van der Waals surface area contributed by atoms with Crippen LogP contribution in [0.5, 0.6) is 0 Å². The first-order chi connectivity index (χ1) is 15.6. The summed E-state index contributed by atoms with van der Waals surface area (Å²) in [5.41, 5.74) is -0.861. The summed E-state index contributed by atoms with van der Waals surface area (Å²) in [6, 6.07) is 12.2. The average Bonchev–Trinajstić information content (AvgIpc) is 3.13. The van der Waals surface area contributed by atoms with Crippen LogP contribution in [0.3, 0.4) is 0 Å². The van der Waals surface area contributed by atoms with Crippen LogP contribution < -0.4 is 5.32 Å². The molecule has 1 aromatic heterocycles. The molecule has 174 valence electrons. The monoisotopic (exact) mass is 496 g/mol. The van der Waals surface area contributed by atoms with Gasteiger partial charge in [-0.05, 0) is 30.3 Å². The van der Waals surface area contributed by atoms with E-state index < -0.39 is 33.2 Å². The van der Waals surface area contributed by atoms with Crippen molar-refractivity contribution in [2.75, 3.05) is 11.1 Å². The van der Waals surface area contributed by atoms with Crippen molar-refractivity contribution in [1.29, 1.82) is 0 Å². The van der Waals surface area contributed by atoms with Crippen molar-refractivity contribution < 1.29 is 26.4 Å². The zero-order valence-corrected chi connectivity index (χ0v) is 18.8. The maximum Gasteiger partial charge on any atom is 0.416 e. The number of carbonyl (C=O) groups is 1. The smallest absolute Gasteiger partial charge is 0.325 e. The fourth-order valence-corrected chi connectivity index (χ4v) is 4.89. The molecule has 0 aliphatic carbocycles. The summed E-state index contributed by atoms with van der Waals surface area (Å²) in [5, 5.41) is 10.6. The first-order valence-electron chi connectivity index (χ1n) is 9.51. The number of rotatable bonds is 9. The molecule has 0 unspecified atom stereocenters. The molecule has 0 spiro atoms. The Morgan fingerprint density at radius 3 is 2.52 bits per heavy atom. The summed E-state index contributed by atoms with van der Waals surface area (Å²) in [6.45, 7) is 3.86. The van der Waals surface area contributed by atoms with Gasteiger partial charge in [0.25, 0.3) is 0 Å². The van der Waals surface area contributed by atoms with Crippen LogP contribution >= 0.6 is 11.8 Å². The molecule has 0 saturated heterocycles. The Balaban J connectivity index is 1.70. The van der Waals surface area contributed by atoms with Gasteiger partial charge in [0.2, 0.25) is 5.91 Å². The van der Waals surface area contributed by atoms with Gasteiger partial charge in [-0.25, -0.2) is 8.42 Å². The number of nitrogens with one attached hydrogen (secondary N) is 1. The second-order valence-corrected chi connectivity index (χ2v) is 9.72. The number of allylic oxidation sites excluding steroid dienone is 1. The molecule has 1 N–H and O–H groups in total. The lowest BCUT2D eigenvalue weighted by Crippen LogP contribution is -2.16. The highest BCUT2D eigenvalue weighted by Crippen LogP contribution is 2.30. The summed E-state index contributed by atoms with van der Waals surface area (Å²) in [7, 11) is -3.67. The molecular weight excluding hydrogens is 477 g/mol. The Hall–Kier alpha value is -3.12. The maximum atomic E-state index is 12.8. The summed E-state index contributed by atoms with van der Waals surface area (Å²) in [6.07, 6.45) is -2.98. The van der Waals surface area contributed by atoms with Crippen molar-refractivity contribution in [2.24, 2.45) is 0 Å². The highest BCUT2D eigenvalue weighted by Gasteiger charge is 2.30. The fourth-order valence-electron chi connectivity index (χ4n) is 2.83. The molecule has 12 heteroatoms. The summed E-state index contributed by atoms with van der Waals surface area (Å²) in [4.78, 5) is 12.4. The van der Waals surface area contributed by atoms with Crippen molar-refractivity contribution >= 4 is 33.2 Å². The van der Waals surface area contributed by atoms with Gasteiger partial charge >= 0.3 is 6.18 Å². The van der Waals surface area contributed by atoms with E-state index in [9.17, 15) is 26.4 Å². The molecule has 0 atom stereocenters. The van der Waals surface area contributed by atoms with Crippen LogP contribution in [0.1, 0.15) is 11.4 Å². The Bertz CT molecular complexity index is 1240. The van der Waals surface area contributed by atoms with Gasteiger partial charge in [0.1, 0.15) is 11.6 Å². The topological polar surface area (TPSA) is 93.9 Å². The number of halogens is 3. The minimum Gasteiger partial charge on any atom is -0.325 e. The number of nitrogens with zero attached hydrogens (tertiary/aromatic N) is 3. The van der Waals surface area contributed by atoms with E-state index in [1.54, 1.807) is 18.2 Å². The van der Waals surface area contributed by atoms with Gasteiger partial charge in [-0.1, -0.05) is 42.1 Å². The number of carbonyl (C=O) groups excluding carboxylic acids is 1. The fraction of sp³-hybridized carbons (Fsp3) is 0.190. The van der Waals surface area contributed by atoms with E-state index in [0.29, 0.717) is 0 Å². The van der Waals surface area contributed by atoms with Crippen molar-refractivity contribution in [3.05, 3.63) is 78.6 Å². The number of anilines is 1. The van der Waals surface area contributed by atoms with E-state index in [1.807, 2.05) is 0 Å². The van der Waals surface area contributed by atoms with Crippen LogP contribution in [0.2, 0.25) is 0 Å². The molecule has 0 aliphatic heterocycles. The highest BCUT2D eigenvalue weighted by atomic mass is 32.2. The molecule has 1 heterocycles. The minimum absolute atomic E-state index is 0.0117. The average molecular weight is 497 g/mol. The van der Waals surface area contributed by atoms with Crippen LogP contribution in [-0.2, 0) is 33.1 Å². The minimum atomic E-state index is -4.52. The molecule has 1 amide bonds. The second kappa shape index (κ2) is 10.2. The number of benzene rings is 2. The molecule has 0 aliphatic rings. The first-order valence-corrected chi connectivity index (χ1v) is 12.1. The molecule has 2 aromatic carbocycles.